The van der Waals surface area contributed by atoms with Gasteiger partial charge in [0, 0.05) is 30.4 Å². The molecular formula is C27H23F4N3O2. The van der Waals surface area contributed by atoms with Gasteiger partial charge in [-0.1, -0.05) is 12.0 Å². The van der Waals surface area contributed by atoms with Crippen LogP contribution in [0.3, 0.4) is 0 Å². The summed E-state index contributed by atoms with van der Waals surface area (Å²) in [4.78, 5) is 19.3. The van der Waals surface area contributed by atoms with Crippen LogP contribution in [-0.2, 0) is 10.9 Å². The van der Waals surface area contributed by atoms with E-state index in [1.807, 2.05) is 6.07 Å². The Kier molecular flexibility index (Phi) is 7.27. The van der Waals surface area contributed by atoms with Gasteiger partial charge in [-0.25, -0.2) is 9.37 Å². The second-order valence-corrected chi connectivity index (χ2v) is 8.25. The van der Waals surface area contributed by atoms with E-state index in [0.29, 0.717) is 48.7 Å². The SMILES string of the molecule is CC#Cc1ncc(-c2cc(NC(=O)c3cccc(C(F)(F)F)c3)c(F)cc2C)cc1N1CCOCC1. The zero-order chi connectivity index (χ0) is 25.9. The monoisotopic (exact) mass is 497 g/mol. The molecule has 0 atom stereocenters. The van der Waals surface area contributed by atoms with Crippen molar-refractivity contribution in [3.63, 3.8) is 0 Å². The van der Waals surface area contributed by atoms with Gasteiger partial charge in [0.1, 0.15) is 11.5 Å². The van der Waals surface area contributed by atoms with E-state index in [0.717, 1.165) is 23.9 Å². The topological polar surface area (TPSA) is 54.5 Å². The van der Waals surface area contributed by atoms with Crippen molar-refractivity contribution in [1.29, 1.82) is 0 Å². The van der Waals surface area contributed by atoms with Gasteiger partial charge >= 0.3 is 6.18 Å². The fourth-order valence-corrected chi connectivity index (χ4v) is 3.97. The lowest BCUT2D eigenvalue weighted by atomic mass is 9.99. The highest BCUT2D eigenvalue weighted by molar-refractivity contribution is 6.04. The highest BCUT2D eigenvalue weighted by atomic mass is 19.4. The summed E-state index contributed by atoms with van der Waals surface area (Å²) in [6, 6.07) is 8.61. The maximum Gasteiger partial charge on any atom is 0.416 e. The molecular weight excluding hydrogens is 474 g/mol. The Morgan fingerprint density at radius 3 is 2.58 bits per heavy atom. The molecule has 0 aliphatic carbocycles. The molecule has 5 nitrogen and oxygen atoms in total. The average molecular weight is 497 g/mol. The van der Waals surface area contributed by atoms with Crippen LogP contribution in [0.5, 0.6) is 0 Å². The third-order valence-corrected chi connectivity index (χ3v) is 5.79. The van der Waals surface area contributed by atoms with Gasteiger partial charge in [0.2, 0.25) is 0 Å². The minimum atomic E-state index is -4.60. The van der Waals surface area contributed by atoms with Crippen molar-refractivity contribution in [2.75, 3.05) is 36.5 Å². The van der Waals surface area contributed by atoms with E-state index in [-0.39, 0.29) is 11.3 Å². The van der Waals surface area contributed by atoms with Gasteiger partial charge in [-0.2, -0.15) is 13.2 Å². The van der Waals surface area contributed by atoms with Crippen LogP contribution in [-0.4, -0.2) is 37.2 Å². The Labute approximate surface area is 206 Å². The number of alkyl halides is 3. The molecule has 1 amide bonds. The molecule has 1 aliphatic heterocycles. The highest BCUT2D eigenvalue weighted by Gasteiger charge is 2.31. The van der Waals surface area contributed by atoms with Crippen molar-refractivity contribution in [1.82, 2.24) is 4.98 Å². The third kappa shape index (κ3) is 5.50. The Bertz CT molecular complexity index is 1350. The number of ether oxygens (including phenoxy) is 1. The maximum atomic E-state index is 14.8. The first kappa shape index (κ1) is 25.2. The molecule has 2 heterocycles. The van der Waals surface area contributed by atoms with E-state index in [9.17, 15) is 22.4 Å². The van der Waals surface area contributed by atoms with Gasteiger partial charge in [0.25, 0.3) is 5.91 Å². The molecule has 186 valence electrons. The lowest BCUT2D eigenvalue weighted by Gasteiger charge is -2.29. The van der Waals surface area contributed by atoms with Crippen LogP contribution in [0.25, 0.3) is 11.1 Å². The molecule has 2 aromatic carbocycles. The number of rotatable bonds is 4. The number of nitrogens with one attached hydrogen (secondary N) is 1. The summed E-state index contributed by atoms with van der Waals surface area (Å²) in [5, 5.41) is 2.40. The number of aromatic nitrogens is 1. The molecule has 0 radical (unpaired) electrons. The van der Waals surface area contributed by atoms with Crippen LogP contribution >= 0.6 is 0 Å². The van der Waals surface area contributed by atoms with Gasteiger partial charge in [-0.3, -0.25) is 4.79 Å². The van der Waals surface area contributed by atoms with Crippen molar-refractivity contribution in [3.8, 4) is 23.0 Å². The minimum Gasteiger partial charge on any atom is -0.378 e. The van der Waals surface area contributed by atoms with Crippen LogP contribution < -0.4 is 10.2 Å². The number of carbonyl (C=O) groups is 1. The smallest absolute Gasteiger partial charge is 0.378 e. The molecule has 1 fully saturated rings. The Morgan fingerprint density at radius 2 is 1.89 bits per heavy atom. The summed E-state index contributed by atoms with van der Waals surface area (Å²) in [5.41, 5.74) is 2.00. The fraction of sp³-hybridized carbons (Fsp3) is 0.259. The van der Waals surface area contributed by atoms with Gasteiger partial charge in [0.15, 0.2) is 0 Å². The largest absolute Gasteiger partial charge is 0.416 e. The number of aryl methyl sites for hydroxylation is 1. The number of morpholine rings is 1. The zero-order valence-corrected chi connectivity index (χ0v) is 19.7. The molecule has 0 unspecified atom stereocenters. The quantitative estimate of drug-likeness (QED) is 0.373. The van der Waals surface area contributed by atoms with Crippen molar-refractivity contribution in [2.45, 2.75) is 20.0 Å². The number of hydrogen-bond donors (Lipinski definition) is 1. The van der Waals surface area contributed by atoms with Crippen LogP contribution in [0, 0.1) is 24.6 Å². The van der Waals surface area contributed by atoms with E-state index < -0.39 is 23.5 Å². The molecule has 3 aromatic rings. The zero-order valence-electron chi connectivity index (χ0n) is 19.7. The second-order valence-electron chi connectivity index (χ2n) is 8.25. The number of carbonyl (C=O) groups excluding carboxylic acids is 1. The van der Waals surface area contributed by atoms with Gasteiger partial charge in [-0.05, 0) is 67.3 Å². The van der Waals surface area contributed by atoms with Crippen LogP contribution in [0.2, 0.25) is 0 Å². The summed E-state index contributed by atoms with van der Waals surface area (Å²) in [7, 11) is 0. The summed E-state index contributed by atoms with van der Waals surface area (Å²) in [6.45, 7) is 5.94. The predicted octanol–water partition coefficient (Wildman–Crippen LogP) is 5.68. The Balaban J connectivity index is 1.69. The van der Waals surface area contributed by atoms with Crippen molar-refractivity contribution in [3.05, 3.63) is 76.9 Å². The number of anilines is 2. The summed E-state index contributed by atoms with van der Waals surface area (Å²) in [5.74, 6) is 4.32. The molecule has 0 bridgehead atoms. The normalized spacial score (nSPS) is 13.7. The number of amides is 1. The first-order chi connectivity index (χ1) is 17.2. The molecule has 0 spiro atoms. The molecule has 1 aliphatic rings. The van der Waals surface area contributed by atoms with E-state index >= 15 is 0 Å². The highest BCUT2D eigenvalue weighted by Crippen LogP contribution is 2.33. The molecule has 1 N–H and O–H groups in total. The molecule has 1 aromatic heterocycles. The van der Waals surface area contributed by atoms with Crippen molar-refractivity contribution >= 4 is 17.3 Å². The Hall–Kier alpha value is -3.90. The van der Waals surface area contributed by atoms with Gasteiger partial charge in [0.05, 0.1) is 30.2 Å². The van der Waals surface area contributed by atoms with Crippen molar-refractivity contribution < 1.29 is 27.1 Å². The van der Waals surface area contributed by atoms with Gasteiger partial charge < -0.3 is 15.0 Å². The average Bonchev–Trinajstić information content (AvgIpc) is 2.86. The van der Waals surface area contributed by atoms with E-state index in [1.54, 1.807) is 20.0 Å². The fourth-order valence-electron chi connectivity index (χ4n) is 3.97. The first-order valence-electron chi connectivity index (χ1n) is 11.2. The summed E-state index contributed by atoms with van der Waals surface area (Å²) < 4.78 is 59.3. The van der Waals surface area contributed by atoms with E-state index in [2.05, 4.69) is 27.0 Å². The maximum absolute atomic E-state index is 14.8. The third-order valence-electron chi connectivity index (χ3n) is 5.79. The number of halogens is 4. The summed E-state index contributed by atoms with van der Waals surface area (Å²) in [6.07, 6.45) is -2.97. The summed E-state index contributed by atoms with van der Waals surface area (Å²) >= 11 is 0. The van der Waals surface area contributed by atoms with Crippen LogP contribution in [0.1, 0.15) is 34.1 Å². The Morgan fingerprint density at radius 1 is 1.14 bits per heavy atom. The lowest BCUT2D eigenvalue weighted by Crippen LogP contribution is -2.36. The number of hydrogen-bond acceptors (Lipinski definition) is 4. The van der Waals surface area contributed by atoms with Crippen LogP contribution in [0.4, 0.5) is 28.9 Å². The number of benzene rings is 2. The second kappa shape index (κ2) is 10.4. The number of pyridine rings is 1. The van der Waals surface area contributed by atoms with Crippen molar-refractivity contribution in [2.24, 2.45) is 0 Å². The van der Waals surface area contributed by atoms with Crippen LogP contribution in [0.15, 0.2) is 48.7 Å². The predicted molar refractivity (Wildman–Crippen MR) is 129 cm³/mol. The van der Waals surface area contributed by atoms with Gasteiger partial charge in [-0.15, -0.1) is 0 Å². The first-order valence-corrected chi connectivity index (χ1v) is 11.2. The molecule has 4 rings (SSSR count). The minimum absolute atomic E-state index is 0.150. The molecule has 0 saturated carbocycles. The van der Waals surface area contributed by atoms with E-state index in [1.165, 1.54) is 18.2 Å². The standard InChI is InChI=1S/C27H23F4N3O2/c1-3-5-23-25(34-8-10-36-11-9-34)14-19(16-32-23)21-15-24(22(28)12-17(21)2)33-26(35)18-6-4-7-20(13-18)27(29,30)31/h4,6-7,12-16H,8-11H2,1-2H3,(H,33,35). The van der Waals surface area contributed by atoms with E-state index in [4.69, 9.17) is 4.74 Å². The molecule has 9 heteroatoms. The number of nitrogens with zero attached hydrogens (tertiary/aromatic N) is 2. The molecule has 1 saturated heterocycles. The molecule has 36 heavy (non-hydrogen) atoms. The lowest BCUT2D eigenvalue weighted by molar-refractivity contribution is -0.137.